The molecule has 0 atom stereocenters. The highest BCUT2D eigenvalue weighted by molar-refractivity contribution is 5.83. The van der Waals surface area contributed by atoms with Crippen LogP contribution >= 0.6 is 0 Å². The minimum absolute atomic E-state index is 0.456. The van der Waals surface area contributed by atoms with Crippen molar-refractivity contribution in [3.05, 3.63) is 36.1 Å². The molecule has 0 heterocycles. The van der Waals surface area contributed by atoms with Gasteiger partial charge in [-0.05, 0) is 31.8 Å². The Morgan fingerprint density at radius 3 is 2.08 bits per heavy atom. The van der Waals surface area contributed by atoms with E-state index >= 15 is 0 Å². The first-order valence-electron chi connectivity index (χ1n) is 9.29. The van der Waals surface area contributed by atoms with Gasteiger partial charge in [0.25, 0.3) is 0 Å². The smallest absolute Gasteiger partial charge is 0.370 e. The number of aliphatic carboxylic acids is 1. The number of unbranched alkanes of at least 4 members (excludes halogenated alkanes) is 7. The molecule has 5 heteroatoms. The minimum Gasteiger partial charge on any atom is -0.502 e. The van der Waals surface area contributed by atoms with Crippen molar-refractivity contribution in [2.45, 2.75) is 83.3 Å². The van der Waals surface area contributed by atoms with Gasteiger partial charge in [0.1, 0.15) is 0 Å². The van der Waals surface area contributed by atoms with Crippen molar-refractivity contribution in [2.24, 2.45) is 0 Å². The van der Waals surface area contributed by atoms with Crippen LogP contribution in [-0.4, -0.2) is 32.2 Å². The quantitative estimate of drug-likeness (QED) is 0.113. The number of aliphatic hydroxyl groups excluding tert-OH is 1. The SMILES string of the molecule is CCCCCC(O)(O)CCCCCCC/C=C/C=C/C=C(\O)C(=O)O. The minimum atomic E-state index is -1.49. The first-order chi connectivity index (χ1) is 11.9. The molecular formula is C20H34O5. The summed E-state index contributed by atoms with van der Waals surface area (Å²) < 4.78 is 0. The van der Waals surface area contributed by atoms with Gasteiger partial charge in [0.15, 0.2) is 5.79 Å². The predicted molar refractivity (Wildman–Crippen MR) is 100 cm³/mol. The Morgan fingerprint density at radius 2 is 1.44 bits per heavy atom. The predicted octanol–water partition coefficient (Wildman–Crippen LogP) is 4.62. The van der Waals surface area contributed by atoms with Gasteiger partial charge >= 0.3 is 5.97 Å². The third kappa shape index (κ3) is 15.7. The number of carboxylic acid groups (broad SMARTS) is 1. The topological polar surface area (TPSA) is 98.0 Å². The van der Waals surface area contributed by atoms with Crippen LogP contribution in [0.5, 0.6) is 0 Å². The molecule has 0 aliphatic carbocycles. The van der Waals surface area contributed by atoms with Crippen LogP contribution in [-0.2, 0) is 4.79 Å². The first kappa shape index (κ1) is 23.4. The number of hydrogen-bond acceptors (Lipinski definition) is 4. The Hall–Kier alpha value is -1.59. The molecule has 0 saturated carbocycles. The van der Waals surface area contributed by atoms with Crippen molar-refractivity contribution < 1.29 is 25.2 Å². The highest BCUT2D eigenvalue weighted by Crippen LogP contribution is 2.20. The summed E-state index contributed by atoms with van der Waals surface area (Å²) in [6, 6.07) is 0. The largest absolute Gasteiger partial charge is 0.502 e. The van der Waals surface area contributed by atoms with Crippen molar-refractivity contribution >= 4 is 5.97 Å². The molecule has 0 unspecified atom stereocenters. The summed E-state index contributed by atoms with van der Waals surface area (Å²) in [5.74, 6) is -3.51. The maximum absolute atomic E-state index is 10.3. The number of hydrogen-bond donors (Lipinski definition) is 4. The zero-order valence-electron chi connectivity index (χ0n) is 15.4. The fourth-order valence-electron chi connectivity index (χ4n) is 2.44. The summed E-state index contributed by atoms with van der Waals surface area (Å²) >= 11 is 0. The summed E-state index contributed by atoms with van der Waals surface area (Å²) in [6.07, 6.45) is 18.1. The lowest BCUT2D eigenvalue weighted by Gasteiger charge is -2.21. The number of carbonyl (C=O) groups is 1. The molecule has 0 aliphatic rings. The Kier molecular flexibility index (Phi) is 13.8. The molecule has 0 fully saturated rings. The fourth-order valence-corrected chi connectivity index (χ4v) is 2.44. The zero-order chi connectivity index (χ0) is 19.0. The number of allylic oxidation sites excluding steroid dienone is 5. The van der Waals surface area contributed by atoms with Gasteiger partial charge in [-0.1, -0.05) is 63.3 Å². The van der Waals surface area contributed by atoms with E-state index < -0.39 is 17.5 Å². The molecule has 0 radical (unpaired) electrons. The third-order valence-corrected chi connectivity index (χ3v) is 3.96. The maximum atomic E-state index is 10.3. The molecule has 0 aromatic heterocycles. The average Bonchev–Trinajstić information content (AvgIpc) is 2.55. The molecular weight excluding hydrogens is 320 g/mol. The molecule has 0 aliphatic heterocycles. The van der Waals surface area contributed by atoms with Gasteiger partial charge in [0, 0.05) is 12.8 Å². The van der Waals surface area contributed by atoms with Crippen LogP contribution in [0.25, 0.3) is 0 Å². The van der Waals surface area contributed by atoms with Gasteiger partial charge in [-0.15, -0.1) is 0 Å². The van der Waals surface area contributed by atoms with E-state index in [2.05, 4.69) is 6.92 Å². The Labute approximate surface area is 151 Å². The van der Waals surface area contributed by atoms with E-state index in [0.29, 0.717) is 12.8 Å². The van der Waals surface area contributed by atoms with E-state index in [9.17, 15) is 15.0 Å². The van der Waals surface area contributed by atoms with Crippen LogP contribution in [0, 0.1) is 0 Å². The molecule has 0 amide bonds. The molecule has 0 rings (SSSR count). The van der Waals surface area contributed by atoms with Crippen LogP contribution < -0.4 is 0 Å². The molecule has 25 heavy (non-hydrogen) atoms. The number of rotatable bonds is 15. The van der Waals surface area contributed by atoms with Gasteiger partial charge in [0.05, 0.1) is 0 Å². The summed E-state index contributed by atoms with van der Waals surface area (Å²) in [6.45, 7) is 2.10. The van der Waals surface area contributed by atoms with E-state index in [1.54, 1.807) is 6.08 Å². The summed E-state index contributed by atoms with van der Waals surface area (Å²) in [5, 5.41) is 37.0. The van der Waals surface area contributed by atoms with Crippen molar-refractivity contribution in [1.82, 2.24) is 0 Å². The van der Waals surface area contributed by atoms with Crippen LogP contribution in [0.2, 0.25) is 0 Å². The molecule has 0 aromatic carbocycles. The molecule has 4 N–H and O–H groups in total. The van der Waals surface area contributed by atoms with Crippen LogP contribution in [0.4, 0.5) is 0 Å². The lowest BCUT2D eigenvalue weighted by atomic mass is 10.00. The molecule has 144 valence electrons. The maximum Gasteiger partial charge on any atom is 0.370 e. The van der Waals surface area contributed by atoms with Gasteiger partial charge < -0.3 is 20.4 Å². The lowest BCUT2D eigenvalue weighted by Crippen LogP contribution is -2.27. The second-order valence-electron chi connectivity index (χ2n) is 6.42. The molecule has 0 aromatic rings. The van der Waals surface area contributed by atoms with E-state index in [-0.39, 0.29) is 0 Å². The van der Waals surface area contributed by atoms with Gasteiger partial charge in [-0.3, -0.25) is 0 Å². The lowest BCUT2D eigenvalue weighted by molar-refractivity contribution is -0.172. The van der Waals surface area contributed by atoms with E-state index in [4.69, 9.17) is 10.2 Å². The van der Waals surface area contributed by atoms with E-state index in [1.165, 1.54) is 6.08 Å². The molecule has 5 nitrogen and oxygen atoms in total. The highest BCUT2D eigenvalue weighted by atomic mass is 16.5. The second kappa shape index (κ2) is 14.7. The van der Waals surface area contributed by atoms with E-state index in [0.717, 1.165) is 63.9 Å². The average molecular weight is 354 g/mol. The first-order valence-corrected chi connectivity index (χ1v) is 9.29. The van der Waals surface area contributed by atoms with Gasteiger partial charge in [-0.2, -0.15) is 0 Å². The monoisotopic (exact) mass is 354 g/mol. The fraction of sp³-hybridized carbons (Fsp3) is 0.650. The number of carboxylic acids is 1. The van der Waals surface area contributed by atoms with Crippen molar-refractivity contribution in [1.29, 1.82) is 0 Å². The molecule has 0 saturated heterocycles. The normalized spacial score (nSPS) is 13.2. The van der Waals surface area contributed by atoms with Gasteiger partial charge in [-0.25, -0.2) is 4.79 Å². The van der Waals surface area contributed by atoms with Crippen LogP contribution in [0.15, 0.2) is 36.1 Å². The second-order valence-corrected chi connectivity index (χ2v) is 6.42. The Balaban J connectivity index is 3.58. The van der Waals surface area contributed by atoms with Crippen molar-refractivity contribution in [3.63, 3.8) is 0 Å². The number of aliphatic hydroxyl groups is 3. The molecule has 0 bridgehead atoms. The summed E-state index contributed by atoms with van der Waals surface area (Å²) in [5.41, 5.74) is 0. The highest BCUT2D eigenvalue weighted by Gasteiger charge is 2.20. The van der Waals surface area contributed by atoms with Gasteiger partial charge in [0.2, 0.25) is 5.76 Å². The standard InChI is InChI=1S/C20H34O5/c1-2-3-13-16-20(24,25)17-14-11-9-7-5-4-6-8-10-12-15-18(21)19(22)23/h6,8,10,12,15,21,24-25H,2-5,7,9,11,13-14,16-17H2,1H3,(H,22,23)/b8-6+,12-10+,18-15-. The van der Waals surface area contributed by atoms with E-state index in [1.807, 2.05) is 12.2 Å². The third-order valence-electron chi connectivity index (χ3n) is 3.96. The van der Waals surface area contributed by atoms with Crippen molar-refractivity contribution in [3.8, 4) is 0 Å². The van der Waals surface area contributed by atoms with Crippen molar-refractivity contribution in [2.75, 3.05) is 0 Å². The zero-order valence-corrected chi connectivity index (χ0v) is 15.4. The molecule has 0 spiro atoms. The summed E-state index contributed by atoms with van der Waals surface area (Å²) in [7, 11) is 0. The summed E-state index contributed by atoms with van der Waals surface area (Å²) in [4.78, 5) is 10.3. The Bertz CT molecular complexity index is 435. The van der Waals surface area contributed by atoms with Crippen LogP contribution in [0.1, 0.15) is 77.6 Å². The van der Waals surface area contributed by atoms with Crippen LogP contribution in [0.3, 0.4) is 0 Å². The Morgan fingerprint density at radius 1 is 0.840 bits per heavy atom.